The minimum absolute atomic E-state index is 0.162. The minimum atomic E-state index is 0.162. The van der Waals surface area contributed by atoms with Gasteiger partial charge < -0.3 is 10.1 Å². The minimum Gasteiger partial charge on any atom is -0.381 e. The predicted molar refractivity (Wildman–Crippen MR) is 86.5 cm³/mol. The maximum atomic E-state index is 12.0. The fraction of sp³-hybridized carbons (Fsp3) is 0.588. The maximum absolute atomic E-state index is 12.0. The number of rotatable bonds is 5. The number of ether oxygens (including phenoxy) is 1. The fourth-order valence-electron chi connectivity index (χ4n) is 3.11. The Balaban J connectivity index is 1.45. The Kier molecular flexibility index (Phi) is 5.20. The zero-order chi connectivity index (χ0) is 14.5. The lowest BCUT2D eigenvalue weighted by Gasteiger charge is -2.24. The highest BCUT2D eigenvalue weighted by molar-refractivity contribution is 8.00. The van der Waals surface area contributed by atoms with E-state index in [1.54, 1.807) is 11.8 Å². The van der Waals surface area contributed by atoms with Crippen LogP contribution in [0.5, 0.6) is 0 Å². The Hall–Kier alpha value is -1.00. The largest absolute Gasteiger partial charge is 0.381 e. The first kappa shape index (κ1) is 14.9. The second-order valence-electron chi connectivity index (χ2n) is 5.92. The summed E-state index contributed by atoms with van der Waals surface area (Å²) < 4.78 is 5.33. The van der Waals surface area contributed by atoms with Crippen LogP contribution in [0.3, 0.4) is 0 Å². The van der Waals surface area contributed by atoms with Crippen LogP contribution in [0.2, 0.25) is 0 Å². The van der Waals surface area contributed by atoms with Crippen LogP contribution >= 0.6 is 11.8 Å². The molecule has 114 valence electrons. The standard InChI is InChI=1S/C17H23NO2S/c19-17(18-10-13-8-9-20-11-13)12-21-16-7-3-5-14-4-1-2-6-15(14)16/h1-2,4,6,13,16H,3,5,7-12H2,(H,18,19)/t13-,16+/m1/s1. The van der Waals surface area contributed by atoms with Gasteiger partial charge >= 0.3 is 0 Å². The molecule has 1 amide bonds. The van der Waals surface area contributed by atoms with E-state index in [4.69, 9.17) is 4.74 Å². The Bertz CT molecular complexity index is 485. The number of aryl methyl sites for hydroxylation is 1. The lowest BCUT2D eigenvalue weighted by molar-refractivity contribution is -0.118. The summed E-state index contributed by atoms with van der Waals surface area (Å²) >= 11 is 1.79. The second kappa shape index (κ2) is 7.32. The molecule has 0 saturated carbocycles. The number of hydrogen-bond acceptors (Lipinski definition) is 3. The molecule has 3 nitrogen and oxygen atoms in total. The molecule has 4 heteroatoms. The number of carbonyl (C=O) groups is 1. The van der Waals surface area contributed by atoms with Gasteiger partial charge in [0, 0.05) is 24.3 Å². The molecule has 1 aliphatic carbocycles. The summed E-state index contributed by atoms with van der Waals surface area (Å²) in [6, 6.07) is 8.67. The number of fused-ring (bicyclic) bond motifs is 1. The molecule has 0 radical (unpaired) electrons. The summed E-state index contributed by atoms with van der Waals surface area (Å²) in [5.74, 6) is 1.23. The molecular weight excluding hydrogens is 282 g/mol. The van der Waals surface area contributed by atoms with Gasteiger partial charge in [-0.15, -0.1) is 11.8 Å². The van der Waals surface area contributed by atoms with Crippen molar-refractivity contribution in [2.45, 2.75) is 30.9 Å². The van der Waals surface area contributed by atoms with E-state index in [0.717, 1.165) is 26.2 Å². The van der Waals surface area contributed by atoms with Gasteiger partial charge in [0.15, 0.2) is 0 Å². The van der Waals surface area contributed by atoms with Crippen LogP contribution in [0.1, 0.15) is 35.6 Å². The molecule has 2 atom stereocenters. The van der Waals surface area contributed by atoms with Crippen molar-refractivity contribution in [1.29, 1.82) is 0 Å². The Morgan fingerprint density at radius 3 is 3.10 bits per heavy atom. The lowest BCUT2D eigenvalue weighted by atomic mass is 9.91. The number of hydrogen-bond donors (Lipinski definition) is 1. The topological polar surface area (TPSA) is 38.3 Å². The Morgan fingerprint density at radius 1 is 1.33 bits per heavy atom. The summed E-state index contributed by atoms with van der Waals surface area (Å²) in [6.45, 7) is 2.40. The molecule has 21 heavy (non-hydrogen) atoms. The Morgan fingerprint density at radius 2 is 2.24 bits per heavy atom. The molecule has 0 aromatic heterocycles. The van der Waals surface area contributed by atoms with Gasteiger partial charge in [-0.1, -0.05) is 24.3 Å². The maximum Gasteiger partial charge on any atom is 0.230 e. The van der Waals surface area contributed by atoms with Gasteiger partial charge in [-0.2, -0.15) is 0 Å². The van der Waals surface area contributed by atoms with E-state index < -0.39 is 0 Å². The van der Waals surface area contributed by atoms with Crippen molar-refractivity contribution in [2.24, 2.45) is 5.92 Å². The van der Waals surface area contributed by atoms with Crippen LogP contribution in [-0.4, -0.2) is 31.4 Å². The monoisotopic (exact) mass is 305 g/mol. The zero-order valence-electron chi connectivity index (χ0n) is 12.3. The quantitative estimate of drug-likeness (QED) is 0.909. The van der Waals surface area contributed by atoms with Gasteiger partial charge in [-0.05, 0) is 36.8 Å². The van der Waals surface area contributed by atoms with E-state index in [0.29, 0.717) is 16.9 Å². The molecule has 2 aliphatic rings. The normalized spacial score (nSPS) is 24.6. The summed E-state index contributed by atoms with van der Waals surface area (Å²) in [5, 5.41) is 3.53. The van der Waals surface area contributed by atoms with Crippen LogP contribution in [0.25, 0.3) is 0 Å². The third-order valence-electron chi connectivity index (χ3n) is 4.34. The molecule has 1 aliphatic heterocycles. The predicted octanol–water partition coefficient (Wildman–Crippen LogP) is 2.95. The molecular formula is C17H23NO2S. The lowest BCUT2D eigenvalue weighted by Crippen LogP contribution is -2.31. The summed E-state index contributed by atoms with van der Waals surface area (Å²) in [4.78, 5) is 12.0. The van der Waals surface area contributed by atoms with Crippen molar-refractivity contribution < 1.29 is 9.53 Å². The van der Waals surface area contributed by atoms with Gasteiger partial charge in [-0.25, -0.2) is 0 Å². The van der Waals surface area contributed by atoms with Crippen molar-refractivity contribution in [2.75, 3.05) is 25.5 Å². The molecule has 1 heterocycles. The number of benzene rings is 1. The Labute approximate surface area is 130 Å². The smallest absolute Gasteiger partial charge is 0.230 e. The molecule has 0 unspecified atom stereocenters. The average Bonchev–Trinajstić information content (AvgIpc) is 3.04. The molecule has 1 saturated heterocycles. The van der Waals surface area contributed by atoms with E-state index in [1.165, 1.54) is 30.4 Å². The van der Waals surface area contributed by atoms with Crippen LogP contribution in [0, 0.1) is 5.92 Å². The molecule has 1 aromatic carbocycles. The van der Waals surface area contributed by atoms with Crippen molar-refractivity contribution in [3.8, 4) is 0 Å². The highest BCUT2D eigenvalue weighted by atomic mass is 32.2. The van der Waals surface area contributed by atoms with Crippen molar-refractivity contribution in [3.05, 3.63) is 35.4 Å². The van der Waals surface area contributed by atoms with Gasteiger partial charge in [0.05, 0.1) is 12.4 Å². The molecule has 0 spiro atoms. The van der Waals surface area contributed by atoms with Gasteiger partial charge in [0.1, 0.15) is 0 Å². The molecule has 0 bridgehead atoms. The first-order chi connectivity index (χ1) is 10.3. The highest BCUT2D eigenvalue weighted by Crippen LogP contribution is 2.39. The van der Waals surface area contributed by atoms with Crippen LogP contribution in [0.15, 0.2) is 24.3 Å². The molecule has 3 rings (SSSR count). The van der Waals surface area contributed by atoms with E-state index in [1.807, 2.05) is 0 Å². The number of thioether (sulfide) groups is 1. The van der Waals surface area contributed by atoms with E-state index in [9.17, 15) is 4.79 Å². The number of nitrogens with one attached hydrogen (secondary N) is 1. The third kappa shape index (κ3) is 4.01. The van der Waals surface area contributed by atoms with Gasteiger partial charge in [0.2, 0.25) is 5.91 Å². The van der Waals surface area contributed by atoms with E-state index in [-0.39, 0.29) is 5.91 Å². The summed E-state index contributed by atoms with van der Waals surface area (Å²) in [7, 11) is 0. The SMILES string of the molecule is O=C(CS[C@H]1CCCc2ccccc21)NC[C@H]1CCOC1. The van der Waals surface area contributed by atoms with Crippen LogP contribution in [0.4, 0.5) is 0 Å². The molecule has 1 N–H and O–H groups in total. The molecule has 1 aromatic rings. The van der Waals surface area contributed by atoms with Crippen molar-refractivity contribution in [3.63, 3.8) is 0 Å². The second-order valence-corrected chi connectivity index (χ2v) is 7.12. The van der Waals surface area contributed by atoms with Crippen LogP contribution in [-0.2, 0) is 16.0 Å². The summed E-state index contributed by atoms with van der Waals surface area (Å²) in [5.41, 5.74) is 2.90. The van der Waals surface area contributed by atoms with Crippen molar-refractivity contribution in [1.82, 2.24) is 5.32 Å². The summed E-state index contributed by atoms with van der Waals surface area (Å²) in [6.07, 6.45) is 4.67. The highest BCUT2D eigenvalue weighted by Gasteiger charge is 2.21. The van der Waals surface area contributed by atoms with E-state index >= 15 is 0 Å². The van der Waals surface area contributed by atoms with Gasteiger partial charge in [0.25, 0.3) is 0 Å². The number of amides is 1. The third-order valence-corrected chi connectivity index (χ3v) is 5.66. The van der Waals surface area contributed by atoms with E-state index in [2.05, 4.69) is 29.6 Å². The first-order valence-electron chi connectivity index (χ1n) is 7.87. The fourth-order valence-corrected chi connectivity index (χ4v) is 4.31. The molecule has 1 fully saturated rings. The first-order valence-corrected chi connectivity index (χ1v) is 8.91. The van der Waals surface area contributed by atoms with Crippen molar-refractivity contribution >= 4 is 17.7 Å². The van der Waals surface area contributed by atoms with Gasteiger partial charge in [-0.3, -0.25) is 4.79 Å². The number of carbonyl (C=O) groups excluding carboxylic acids is 1. The van der Waals surface area contributed by atoms with Crippen LogP contribution < -0.4 is 5.32 Å². The zero-order valence-corrected chi connectivity index (χ0v) is 13.2. The average molecular weight is 305 g/mol.